The summed E-state index contributed by atoms with van der Waals surface area (Å²) in [5, 5.41) is 5.39. The molecule has 3 rings (SSSR count). The van der Waals surface area contributed by atoms with Gasteiger partial charge in [0.15, 0.2) is 0 Å². The van der Waals surface area contributed by atoms with Gasteiger partial charge in [-0.25, -0.2) is 4.39 Å². The van der Waals surface area contributed by atoms with Crippen LogP contribution in [-0.2, 0) is 22.1 Å². The molecule has 1 heterocycles. The maximum atomic E-state index is 13.9. The molecule has 2 N–H and O–H groups in total. The molecule has 0 spiro atoms. The fraction of sp³-hybridized carbons (Fsp3) is 0.235. The average molecular weight is 348 g/mol. The molecule has 1 aromatic carbocycles. The van der Waals surface area contributed by atoms with E-state index in [0.29, 0.717) is 11.3 Å². The van der Waals surface area contributed by atoms with Crippen molar-refractivity contribution in [2.75, 3.05) is 7.11 Å². The van der Waals surface area contributed by atoms with Gasteiger partial charge in [0.1, 0.15) is 16.5 Å². The number of carbonyl (C=O) groups excluding carboxylic acids is 1. The zero-order chi connectivity index (χ0) is 17.1. The Morgan fingerprint density at radius 3 is 2.92 bits per heavy atom. The van der Waals surface area contributed by atoms with E-state index in [1.165, 1.54) is 19.4 Å². The Balaban J connectivity index is 1.67. The molecule has 0 bridgehead atoms. The highest BCUT2D eigenvalue weighted by Crippen LogP contribution is 2.22. The summed E-state index contributed by atoms with van der Waals surface area (Å²) in [4.78, 5) is 12.4. The number of ether oxygens (including phenoxy) is 1. The molecule has 7 heteroatoms. The maximum Gasteiger partial charge on any atom is 0.262 e. The van der Waals surface area contributed by atoms with Crippen molar-refractivity contribution in [1.29, 1.82) is 0 Å². The average Bonchev–Trinajstić information content (AvgIpc) is 2.61. The van der Waals surface area contributed by atoms with Crippen molar-refractivity contribution in [2.45, 2.75) is 17.8 Å². The Morgan fingerprint density at radius 1 is 1.38 bits per heavy atom. The largest absolute Gasteiger partial charge is 0.497 e. The molecule has 1 aliphatic heterocycles. The number of amides is 1. The van der Waals surface area contributed by atoms with Crippen molar-refractivity contribution in [2.24, 2.45) is 0 Å². The number of benzene rings is 1. The zero-order valence-corrected chi connectivity index (χ0v) is 13.8. The number of nitrogens with one attached hydrogen (secondary N) is 2. The lowest BCUT2D eigenvalue weighted by Gasteiger charge is -2.29. The minimum Gasteiger partial charge on any atom is -0.497 e. The third kappa shape index (κ3) is 3.26. The molecular formula is C17H17FN2O3S. The molecule has 24 heavy (non-hydrogen) atoms. The molecule has 0 saturated carbocycles. The summed E-state index contributed by atoms with van der Waals surface area (Å²) in [6, 6.07) is 4.34. The van der Waals surface area contributed by atoms with E-state index in [0.717, 1.165) is 0 Å². The van der Waals surface area contributed by atoms with Gasteiger partial charge in [0, 0.05) is 24.4 Å². The summed E-state index contributed by atoms with van der Waals surface area (Å²) >= 11 is 0. The Bertz CT molecular complexity index is 773. The molecule has 3 unspecified atom stereocenters. The SMILES string of the molecule is COc1ccc(CNC(=O)C2=CNC3C=CC=CC3S2=O)c(F)c1. The number of hydrogen-bond acceptors (Lipinski definition) is 4. The first-order chi connectivity index (χ1) is 11.6. The van der Waals surface area contributed by atoms with Crippen LogP contribution in [0, 0.1) is 5.82 Å². The Labute approximate surface area is 141 Å². The number of rotatable bonds is 4. The predicted octanol–water partition coefficient (Wildman–Crippen LogP) is 1.51. The van der Waals surface area contributed by atoms with Crippen LogP contribution in [0.15, 0.2) is 53.6 Å². The minimum atomic E-state index is -1.46. The maximum absolute atomic E-state index is 13.9. The monoisotopic (exact) mass is 348 g/mol. The highest BCUT2D eigenvalue weighted by molar-refractivity contribution is 7.91. The topological polar surface area (TPSA) is 67.4 Å². The quantitative estimate of drug-likeness (QED) is 0.866. The number of hydrogen-bond donors (Lipinski definition) is 2. The normalized spacial score (nSPS) is 24.6. The van der Waals surface area contributed by atoms with Crippen molar-refractivity contribution >= 4 is 16.7 Å². The number of halogens is 1. The van der Waals surface area contributed by atoms with Crippen LogP contribution in [0.5, 0.6) is 5.75 Å². The second-order valence-electron chi connectivity index (χ2n) is 5.37. The van der Waals surface area contributed by atoms with Gasteiger partial charge in [-0.15, -0.1) is 0 Å². The van der Waals surface area contributed by atoms with Gasteiger partial charge >= 0.3 is 0 Å². The molecule has 1 aromatic rings. The third-order valence-corrected chi connectivity index (χ3v) is 5.56. The van der Waals surface area contributed by atoms with E-state index >= 15 is 0 Å². The van der Waals surface area contributed by atoms with Crippen molar-refractivity contribution in [3.63, 3.8) is 0 Å². The third-order valence-electron chi connectivity index (χ3n) is 3.88. The van der Waals surface area contributed by atoms with Crippen LogP contribution in [0.4, 0.5) is 4.39 Å². The summed E-state index contributed by atoms with van der Waals surface area (Å²) in [7, 11) is -0.00354. The summed E-state index contributed by atoms with van der Waals surface area (Å²) in [6.07, 6.45) is 8.88. The van der Waals surface area contributed by atoms with Gasteiger partial charge in [0.05, 0.1) is 29.2 Å². The summed E-state index contributed by atoms with van der Waals surface area (Å²) in [5.41, 5.74) is 0.331. The van der Waals surface area contributed by atoms with E-state index in [-0.39, 0.29) is 22.7 Å². The molecule has 2 aliphatic rings. The van der Waals surface area contributed by atoms with Crippen molar-refractivity contribution < 1.29 is 18.1 Å². The van der Waals surface area contributed by atoms with Crippen molar-refractivity contribution in [1.82, 2.24) is 10.6 Å². The van der Waals surface area contributed by atoms with Gasteiger partial charge in [-0.2, -0.15) is 0 Å². The Kier molecular flexibility index (Phi) is 4.80. The number of allylic oxidation sites excluding steroid dienone is 2. The van der Waals surface area contributed by atoms with Crippen LogP contribution in [0.2, 0.25) is 0 Å². The summed E-state index contributed by atoms with van der Waals surface area (Å²) < 4.78 is 31.4. The van der Waals surface area contributed by atoms with E-state index in [4.69, 9.17) is 4.74 Å². The van der Waals surface area contributed by atoms with Gasteiger partial charge in [0.2, 0.25) is 0 Å². The highest BCUT2D eigenvalue weighted by atomic mass is 32.2. The molecule has 0 fully saturated rings. The van der Waals surface area contributed by atoms with Crippen LogP contribution in [0.25, 0.3) is 0 Å². The molecule has 1 aliphatic carbocycles. The van der Waals surface area contributed by atoms with E-state index in [1.807, 2.05) is 24.3 Å². The van der Waals surface area contributed by atoms with Gasteiger partial charge < -0.3 is 15.4 Å². The molecule has 0 radical (unpaired) electrons. The smallest absolute Gasteiger partial charge is 0.262 e. The first kappa shape index (κ1) is 16.4. The second kappa shape index (κ2) is 7.00. The fourth-order valence-corrected chi connectivity index (χ4v) is 3.94. The Morgan fingerprint density at radius 2 is 2.17 bits per heavy atom. The summed E-state index contributed by atoms with van der Waals surface area (Å²) in [5.74, 6) is -0.532. The van der Waals surface area contributed by atoms with Crippen LogP contribution < -0.4 is 15.4 Å². The standard InChI is InChI=1S/C17H17FN2O3S/c1-23-12-7-6-11(13(18)8-12)9-20-17(21)16-10-19-14-4-2-3-5-15(14)24(16)22/h2-8,10,14-15,19H,9H2,1H3,(H,20,21). The lowest BCUT2D eigenvalue weighted by atomic mass is 10.1. The summed E-state index contributed by atoms with van der Waals surface area (Å²) in [6.45, 7) is 0.00698. The number of methoxy groups -OCH3 is 1. The van der Waals surface area contributed by atoms with Crippen molar-refractivity contribution in [3.05, 3.63) is 65.0 Å². The fourth-order valence-electron chi connectivity index (χ4n) is 2.54. The molecule has 1 amide bonds. The lowest BCUT2D eigenvalue weighted by molar-refractivity contribution is -0.117. The van der Waals surface area contributed by atoms with Crippen molar-refractivity contribution in [3.8, 4) is 5.75 Å². The van der Waals surface area contributed by atoms with Crippen LogP contribution >= 0.6 is 0 Å². The highest BCUT2D eigenvalue weighted by Gasteiger charge is 2.33. The van der Waals surface area contributed by atoms with Crippen LogP contribution in [-0.4, -0.2) is 28.5 Å². The zero-order valence-electron chi connectivity index (χ0n) is 13.0. The molecular weight excluding hydrogens is 331 g/mol. The van der Waals surface area contributed by atoms with E-state index in [1.54, 1.807) is 12.1 Å². The predicted molar refractivity (Wildman–Crippen MR) is 90.0 cm³/mol. The van der Waals surface area contributed by atoms with Gasteiger partial charge in [0.25, 0.3) is 5.91 Å². The molecule has 0 aromatic heterocycles. The van der Waals surface area contributed by atoms with Crippen LogP contribution in [0.1, 0.15) is 5.56 Å². The first-order valence-electron chi connectivity index (χ1n) is 7.42. The van der Waals surface area contributed by atoms with E-state index in [2.05, 4.69) is 10.6 Å². The van der Waals surface area contributed by atoms with Gasteiger partial charge in [-0.1, -0.05) is 30.4 Å². The first-order valence-corrected chi connectivity index (χ1v) is 8.64. The Hall–Kier alpha value is -2.41. The number of carbonyl (C=O) groups is 1. The number of fused-ring (bicyclic) bond motifs is 1. The van der Waals surface area contributed by atoms with E-state index in [9.17, 15) is 13.4 Å². The van der Waals surface area contributed by atoms with E-state index < -0.39 is 22.5 Å². The van der Waals surface area contributed by atoms with Crippen LogP contribution in [0.3, 0.4) is 0 Å². The lowest BCUT2D eigenvalue weighted by Crippen LogP contribution is -2.45. The molecule has 3 atom stereocenters. The molecule has 0 saturated heterocycles. The van der Waals surface area contributed by atoms with Gasteiger partial charge in [-0.05, 0) is 6.07 Å². The van der Waals surface area contributed by atoms with Gasteiger partial charge in [-0.3, -0.25) is 9.00 Å². The second-order valence-corrected chi connectivity index (χ2v) is 6.95. The molecule has 126 valence electrons. The molecule has 5 nitrogen and oxygen atoms in total. The minimum absolute atomic E-state index is 0.00698.